The minimum absolute atomic E-state index is 0.123. The maximum Gasteiger partial charge on any atom is 0.221 e. The van der Waals surface area contributed by atoms with Crippen LogP contribution in [0.25, 0.3) is 0 Å². The summed E-state index contributed by atoms with van der Waals surface area (Å²) in [6.45, 7) is 7.95. The van der Waals surface area contributed by atoms with Gasteiger partial charge in [0.05, 0.1) is 12.1 Å². The summed E-state index contributed by atoms with van der Waals surface area (Å²) in [5.74, 6) is 0.848. The molecule has 134 valence electrons. The molecule has 1 rings (SSSR count). The number of aliphatic imine (C=N–C) groups is 1. The number of guanidine groups is 1. The molecule has 1 fully saturated rings. The highest BCUT2D eigenvalue weighted by molar-refractivity contribution is 5.81. The number of nitrogens with zero attached hydrogens (tertiary/aromatic N) is 1. The first-order valence-corrected chi connectivity index (χ1v) is 8.83. The molecule has 0 aromatic carbocycles. The lowest BCUT2D eigenvalue weighted by atomic mass is 9.95. The van der Waals surface area contributed by atoms with Crippen molar-refractivity contribution < 1.29 is 9.53 Å². The fourth-order valence-electron chi connectivity index (χ4n) is 2.52. The second-order valence-corrected chi connectivity index (χ2v) is 6.74. The van der Waals surface area contributed by atoms with E-state index in [0.717, 1.165) is 25.3 Å². The van der Waals surface area contributed by atoms with Gasteiger partial charge in [0.25, 0.3) is 0 Å². The molecule has 0 unspecified atom stereocenters. The van der Waals surface area contributed by atoms with E-state index in [1.807, 2.05) is 20.8 Å². The van der Waals surface area contributed by atoms with Gasteiger partial charge in [0.1, 0.15) is 0 Å². The minimum Gasteiger partial charge on any atom is -0.377 e. The zero-order valence-corrected chi connectivity index (χ0v) is 15.2. The smallest absolute Gasteiger partial charge is 0.221 e. The molecule has 6 heteroatoms. The molecule has 3 N–H and O–H groups in total. The summed E-state index contributed by atoms with van der Waals surface area (Å²) in [6, 6.07) is 0.376. The fourth-order valence-corrected chi connectivity index (χ4v) is 2.52. The van der Waals surface area contributed by atoms with E-state index in [4.69, 9.17) is 4.74 Å². The Kier molecular flexibility index (Phi) is 8.99. The van der Waals surface area contributed by atoms with Gasteiger partial charge < -0.3 is 20.7 Å². The quantitative estimate of drug-likeness (QED) is 0.470. The standard InChI is InChI=1S/C17H34N4O2/c1-5-18-16(20-13-17(2,3)23-4)19-12-11-15(22)21-14-9-7-6-8-10-14/h14H,5-13H2,1-4H3,(H,21,22)(H2,18,19,20). The second kappa shape index (κ2) is 10.5. The Morgan fingerprint density at radius 3 is 2.52 bits per heavy atom. The molecular formula is C17H34N4O2. The summed E-state index contributed by atoms with van der Waals surface area (Å²) in [5, 5.41) is 9.52. The second-order valence-electron chi connectivity index (χ2n) is 6.74. The molecule has 0 aliphatic heterocycles. The zero-order valence-electron chi connectivity index (χ0n) is 15.2. The van der Waals surface area contributed by atoms with Crippen LogP contribution in [0.5, 0.6) is 0 Å². The van der Waals surface area contributed by atoms with Crippen LogP contribution in [-0.2, 0) is 9.53 Å². The number of ether oxygens (including phenoxy) is 1. The maximum absolute atomic E-state index is 12.0. The predicted molar refractivity (Wildman–Crippen MR) is 94.7 cm³/mol. The first-order chi connectivity index (χ1) is 11.0. The summed E-state index contributed by atoms with van der Waals surface area (Å²) in [6.07, 6.45) is 6.47. The Bertz CT molecular complexity index is 377. The van der Waals surface area contributed by atoms with Gasteiger partial charge in [0.15, 0.2) is 5.96 Å². The van der Waals surface area contributed by atoms with Crippen LogP contribution in [0.1, 0.15) is 59.3 Å². The van der Waals surface area contributed by atoms with Gasteiger partial charge in [-0.1, -0.05) is 19.3 Å². The lowest BCUT2D eigenvalue weighted by Crippen LogP contribution is -2.42. The summed E-state index contributed by atoms with van der Waals surface area (Å²) in [7, 11) is 1.69. The average Bonchev–Trinajstić information content (AvgIpc) is 2.53. The molecule has 0 radical (unpaired) electrons. The Hall–Kier alpha value is -1.30. The molecule has 1 aliphatic rings. The molecule has 1 amide bonds. The largest absolute Gasteiger partial charge is 0.377 e. The number of amides is 1. The Labute approximate surface area is 140 Å². The van der Waals surface area contributed by atoms with E-state index in [1.54, 1.807) is 7.11 Å². The molecule has 6 nitrogen and oxygen atoms in total. The third kappa shape index (κ3) is 8.79. The first-order valence-electron chi connectivity index (χ1n) is 8.83. The van der Waals surface area contributed by atoms with Gasteiger partial charge in [-0.2, -0.15) is 0 Å². The van der Waals surface area contributed by atoms with Crippen molar-refractivity contribution in [2.24, 2.45) is 4.99 Å². The molecule has 0 bridgehead atoms. The lowest BCUT2D eigenvalue weighted by Gasteiger charge is -2.23. The number of carbonyl (C=O) groups is 1. The van der Waals surface area contributed by atoms with Crippen molar-refractivity contribution in [1.29, 1.82) is 0 Å². The molecule has 0 heterocycles. The fraction of sp³-hybridized carbons (Fsp3) is 0.882. The van der Waals surface area contributed by atoms with E-state index in [9.17, 15) is 4.79 Å². The Morgan fingerprint density at radius 1 is 1.22 bits per heavy atom. The topological polar surface area (TPSA) is 74.8 Å². The van der Waals surface area contributed by atoms with E-state index < -0.39 is 0 Å². The van der Waals surface area contributed by atoms with Crippen molar-refractivity contribution in [2.75, 3.05) is 26.7 Å². The number of carbonyl (C=O) groups excluding carboxylic acids is 1. The van der Waals surface area contributed by atoms with Gasteiger partial charge in [-0.3, -0.25) is 9.79 Å². The van der Waals surface area contributed by atoms with E-state index in [0.29, 0.717) is 25.6 Å². The van der Waals surface area contributed by atoms with E-state index >= 15 is 0 Å². The van der Waals surface area contributed by atoms with Crippen LogP contribution in [-0.4, -0.2) is 50.3 Å². The van der Waals surface area contributed by atoms with Crippen LogP contribution >= 0.6 is 0 Å². The van der Waals surface area contributed by atoms with Crippen LogP contribution in [0.4, 0.5) is 0 Å². The first kappa shape index (κ1) is 19.7. The summed E-state index contributed by atoms with van der Waals surface area (Å²) in [4.78, 5) is 16.5. The number of nitrogens with one attached hydrogen (secondary N) is 3. The van der Waals surface area contributed by atoms with Crippen molar-refractivity contribution in [1.82, 2.24) is 16.0 Å². The van der Waals surface area contributed by atoms with Gasteiger partial charge >= 0.3 is 0 Å². The molecule has 1 saturated carbocycles. The van der Waals surface area contributed by atoms with E-state index in [-0.39, 0.29) is 11.5 Å². The zero-order chi connectivity index (χ0) is 17.1. The van der Waals surface area contributed by atoms with E-state index in [2.05, 4.69) is 20.9 Å². The molecule has 0 aromatic rings. The highest BCUT2D eigenvalue weighted by Crippen LogP contribution is 2.17. The SMILES string of the molecule is CCNC(=NCC(C)(C)OC)NCCC(=O)NC1CCCCC1. The highest BCUT2D eigenvalue weighted by Gasteiger charge is 2.17. The molecule has 0 aromatic heterocycles. The molecule has 0 atom stereocenters. The van der Waals surface area contributed by atoms with Gasteiger partial charge in [0, 0.05) is 32.7 Å². The van der Waals surface area contributed by atoms with Crippen LogP contribution in [0.15, 0.2) is 4.99 Å². The number of methoxy groups -OCH3 is 1. The van der Waals surface area contributed by atoms with Crippen molar-refractivity contribution in [3.8, 4) is 0 Å². The van der Waals surface area contributed by atoms with Crippen molar-refractivity contribution in [2.45, 2.75) is 70.9 Å². The Morgan fingerprint density at radius 2 is 1.91 bits per heavy atom. The summed E-state index contributed by atoms with van der Waals surface area (Å²) < 4.78 is 5.37. The summed E-state index contributed by atoms with van der Waals surface area (Å²) in [5.41, 5.74) is -0.291. The Balaban J connectivity index is 2.31. The average molecular weight is 326 g/mol. The van der Waals surface area contributed by atoms with Crippen molar-refractivity contribution in [3.63, 3.8) is 0 Å². The van der Waals surface area contributed by atoms with Crippen LogP contribution < -0.4 is 16.0 Å². The van der Waals surface area contributed by atoms with Gasteiger partial charge in [-0.25, -0.2) is 0 Å². The van der Waals surface area contributed by atoms with Crippen LogP contribution in [0.3, 0.4) is 0 Å². The molecule has 0 saturated heterocycles. The third-order valence-electron chi connectivity index (χ3n) is 4.13. The summed E-state index contributed by atoms with van der Waals surface area (Å²) >= 11 is 0. The van der Waals surface area contributed by atoms with Gasteiger partial charge in [-0.15, -0.1) is 0 Å². The number of rotatable bonds is 8. The third-order valence-corrected chi connectivity index (χ3v) is 4.13. The monoisotopic (exact) mass is 326 g/mol. The predicted octanol–water partition coefficient (Wildman–Crippen LogP) is 1.81. The molecule has 23 heavy (non-hydrogen) atoms. The minimum atomic E-state index is -0.291. The number of hydrogen-bond acceptors (Lipinski definition) is 3. The highest BCUT2D eigenvalue weighted by atomic mass is 16.5. The van der Waals surface area contributed by atoms with Gasteiger partial charge in [0.2, 0.25) is 5.91 Å². The molecular weight excluding hydrogens is 292 g/mol. The van der Waals surface area contributed by atoms with Crippen molar-refractivity contribution >= 4 is 11.9 Å². The number of hydrogen-bond donors (Lipinski definition) is 3. The van der Waals surface area contributed by atoms with Crippen LogP contribution in [0.2, 0.25) is 0 Å². The lowest BCUT2D eigenvalue weighted by molar-refractivity contribution is -0.121. The van der Waals surface area contributed by atoms with Crippen LogP contribution in [0, 0.1) is 0 Å². The molecule has 0 spiro atoms. The normalized spacial score (nSPS) is 17.0. The van der Waals surface area contributed by atoms with Gasteiger partial charge in [-0.05, 0) is 33.6 Å². The van der Waals surface area contributed by atoms with E-state index in [1.165, 1.54) is 19.3 Å². The maximum atomic E-state index is 12.0. The van der Waals surface area contributed by atoms with Crippen molar-refractivity contribution in [3.05, 3.63) is 0 Å². The molecule has 1 aliphatic carbocycles.